The Bertz CT molecular complexity index is 1040. The first-order valence-corrected chi connectivity index (χ1v) is 11.5. The summed E-state index contributed by atoms with van der Waals surface area (Å²) in [4.78, 5) is 7.06. The third kappa shape index (κ3) is 6.14. The minimum atomic E-state index is 0. The number of imidazole rings is 1. The van der Waals surface area contributed by atoms with Gasteiger partial charge in [0.2, 0.25) is 0 Å². The summed E-state index contributed by atoms with van der Waals surface area (Å²) in [5.74, 6) is 0. The van der Waals surface area contributed by atoms with Crippen molar-refractivity contribution in [1.29, 1.82) is 5.26 Å². The van der Waals surface area contributed by atoms with Gasteiger partial charge in [0.25, 0.3) is 0 Å². The zero-order chi connectivity index (χ0) is 20.9. The third-order valence-electron chi connectivity index (χ3n) is 6.01. The molecule has 0 bridgehead atoms. The average molecular weight is 536 g/mol. The highest BCUT2D eigenvalue weighted by Gasteiger charge is 2.27. The van der Waals surface area contributed by atoms with Gasteiger partial charge in [-0.2, -0.15) is 5.26 Å². The molecule has 1 unspecified atom stereocenters. The van der Waals surface area contributed by atoms with Crippen molar-refractivity contribution < 1.29 is 0 Å². The molecule has 0 saturated carbocycles. The summed E-state index contributed by atoms with van der Waals surface area (Å²) >= 11 is 3.67. The lowest BCUT2D eigenvalue weighted by atomic mass is 9.89. The van der Waals surface area contributed by atoms with Crippen molar-refractivity contribution in [2.75, 3.05) is 6.54 Å². The van der Waals surface area contributed by atoms with Gasteiger partial charge in [-0.15, -0.1) is 24.8 Å². The van der Waals surface area contributed by atoms with Gasteiger partial charge in [-0.1, -0.05) is 53.9 Å². The molecule has 4 rings (SSSR count). The standard InChI is InChI=1S/C25H27BrN4.2ClH/c1-2-3-4-25-24-13-22(26)10-9-21(24)11-12-29(25)17-23-15-28-18-30(23)16-20-7-5-19(14-27)6-8-20;;/h5-10,13,15,18,25H,2-4,11-12,16-17H2,1H3;2*1H. The molecule has 3 aromatic rings. The highest BCUT2D eigenvalue weighted by molar-refractivity contribution is 9.10. The first kappa shape index (κ1) is 26.4. The van der Waals surface area contributed by atoms with Crippen LogP contribution in [0.5, 0.6) is 0 Å². The molecule has 170 valence electrons. The fourth-order valence-corrected chi connectivity index (χ4v) is 4.74. The van der Waals surface area contributed by atoms with Gasteiger partial charge in [-0.3, -0.25) is 4.90 Å². The van der Waals surface area contributed by atoms with Crippen LogP contribution in [0.4, 0.5) is 0 Å². The lowest BCUT2D eigenvalue weighted by Crippen LogP contribution is -2.35. The Morgan fingerprint density at radius 3 is 2.62 bits per heavy atom. The van der Waals surface area contributed by atoms with Gasteiger partial charge >= 0.3 is 0 Å². The van der Waals surface area contributed by atoms with Crippen LogP contribution in [0, 0.1) is 11.3 Å². The van der Waals surface area contributed by atoms with Gasteiger partial charge in [-0.05, 0) is 53.8 Å². The summed E-state index contributed by atoms with van der Waals surface area (Å²) in [6.07, 6.45) is 8.64. The van der Waals surface area contributed by atoms with Crippen LogP contribution in [-0.4, -0.2) is 21.0 Å². The van der Waals surface area contributed by atoms with E-state index in [-0.39, 0.29) is 24.8 Å². The first-order valence-electron chi connectivity index (χ1n) is 10.7. The number of rotatable bonds is 7. The van der Waals surface area contributed by atoms with Gasteiger partial charge < -0.3 is 4.57 Å². The molecule has 1 aliphatic rings. The Labute approximate surface area is 211 Å². The van der Waals surface area contributed by atoms with E-state index in [0.717, 1.165) is 30.5 Å². The molecule has 0 aliphatic carbocycles. The number of hydrogen-bond acceptors (Lipinski definition) is 3. The number of nitriles is 1. The van der Waals surface area contributed by atoms with E-state index in [1.165, 1.54) is 41.6 Å². The predicted octanol–water partition coefficient (Wildman–Crippen LogP) is 6.70. The summed E-state index contributed by atoms with van der Waals surface area (Å²) in [5.41, 5.74) is 6.08. The molecule has 1 aliphatic heterocycles. The van der Waals surface area contributed by atoms with Crippen molar-refractivity contribution in [2.24, 2.45) is 0 Å². The van der Waals surface area contributed by atoms with Crippen LogP contribution in [0.25, 0.3) is 0 Å². The lowest BCUT2D eigenvalue weighted by Gasteiger charge is -2.37. The fraction of sp³-hybridized carbons (Fsp3) is 0.360. The summed E-state index contributed by atoms with van der Waals surface area (Å²) in [5, 5.41) is 9.01. The second kappa shape index (κ2) is 12.4. The highest BCUT2D eigenvalue weighted by Crippen LogP contribution is 2.36. The van der Waals surface area contributed by atoms with Crippen LogP contribution in [0.1, 0.15) is 60.2 Å². The van der Waals surface area contributed by atoms with Crippen molar-refractivity contribution >= 4 is 40.7 Å². The number of nitrogens with zero attached hydrogens (tertiary/aromatic N) is 4. The number of halogens is 3. The van der Waals surface area contributed by atoms with E-state index in [4.69, 9.17) is 5.26 Å². The van der Waals surface area contributed by atoms with Crippen LogP contribution in [-0.2, 0) is 19.5 Å². The number of fused-ring (bicyclic) bond motifs is 1. The lowest BCUT2D eigenvalue weighted by molar-refractivity contribution is 0.160. The predicted molar refractivity (Wildman–Crippen MR) is 138 cm³/mol. The normalized spacial score (nSPS) is 15.2. The minimum absolute atomic E-state index is 0. The number of unbranched alkanes of at least 4 members (excludes halogenated alkanes) is 1. The van der Waals surface area contributed by atoms with Crippen molar-refractivity contribution in [3.63, 3.8) is 0 Å². The summed E-state index contributed by atoms with van der Waals surface area (Å²) in [6.45, 7) is 5.01. The molecule has 1 aromatic heterocycles. The van der Waals surface area contributed by atoms with Gasteiger partial charge in [-0.25, -0.2) is 4.98 Å². The number of aromatic nitrogens is 2. The van der Waals surface area contributed by atoms with Crippen molar-refractivity contribution in [2.45, 2.75) is 51.7 Å². The molecule has 32 heavy (non-hydrogen) atoms. The van der Waals surface area contributed by atoms with Gasteiger partial charge in [0.1, 0.15) is 0 Å². The maximum absolute atomic E-state index is 9.01. The molecule has 2 heterocycles. The van der Waals surface area contributed by atoms with Gasteiger partial charge in [0.15, 0.2) is 0 Å². The van der Waals surface area contributed by atoms with Crippen molar-refractivity contribution in [1.82, 2.24) is 14.5 Å². The quantitative estimate of drug-likeness (QED) is 0.338. The highest BCUT2D eigenvalue weighted by atomic mass is 79.9. The van der Waals surface area contributed by atoms with Gasteiger partial charge in [0.05, 0.1) is 23.7 Å². The van der Waals surface area contributed by atoms with E-state index in [0.29, 0.717) is 11.6 Å². The minimum Gasteiger partial charge on any atom is -0.329 e. The molecule has 0 amide bonds. The molecule has 4 nitrogen and oxygen atoms in total. The number of benzene rings is 2. The van der Waals surface area contributed by atoms with Crippen molar-refractivity contribution in [3.05, 3.63) is 87.4 Å². The zero-order valence-corrected chi connectivity index (χ0v) is 21.4. The van der Waals surface area contributed by atoms with Crippen LogP contribution in [0.2, 0.25) is 0 Å². The monoisotopic (exact) mass is 534 g/mol. The molecule has 0 spiro atoms. The summed E-state index contributed by atoms with van der Waals surface area (Å²) in [7, 11) is 0. The van der Waals surface area contributed by atoms with E-state index in [2.05, 4.69) is 61.6 Å². The Morgan fingerprint density at radius 2 is 1.91 bits per heavy atom. The smallest absolute Gasteiger partial charge is 0.0991 e. The molecular formula is C25H29BrCl2N4. The van der Waals surface area contributed by atoms with Crippen LogP contribution >= 0.6 is 40.7 Å². The first-order chi connectivity index (χ1) is 14.7. The molecule has 0 saturated heterocycles. The molecule has 0 radical (unpaired) electrons. The Hall–Kier alpha value is -1.84. The van der Waals surface area contributed by atoms with Crippen LogP contribution in [0.3, 0.4) is 0 Å². The second-order valence-corrected chi connectivity index (χ2v) is 8.96. The maximum atomic E-state index is 9.01. The molecule has 0 N–H and O–H groups in total. The van der Waals surface area contributed by atoms with Crippen molar-refractivity contribution in [3.8, 4) is 6.07 Å². The largest absolute Gasteiger partial charge is 0.329 e. The van der Waals surface area contributed by atoms with E-state index in [1.54, 1.807) is 0 Å². The Kier molecular flexibility index (Phi) is 10.2. The third-order valence-corrected chi connectivity index (χ3v) is 6.50. The maximum Gasteiger partial charge on any atom is 0.0991 e. The summed E-state index contributed by atoms with van der Waals surface area (Å²) in [6, 6.07) is 17.2. The van der Waals surface area contributed by atoms with E-state index >= 15 is 0 Å². The number of hydrogen-bond donors (Lipinski definition) is 0. The molecule has 7 heteroatoms. The topological polar surface area (TPSA) is 44.9 Å². The average Bonchev–Trinajstić information content (AvgIpc) is 3.20. The summed E-state index contributed by atoms with van der Waals surface area (Å²) < 4.78 is 3.39. The SMILES string of the molecule is CCCCC1c2cc(Br)ccc2CCN1Cc1cncn1Cc1ccc(C#N)cc1.Cl.Cl. The Balaban J connectivity index is 0.00000181. The molecule has 2 aromatic carbocycles. The zero-order valence-electron chi connectivity index (χ0n) is 18.2. The Morgan fingerprint density at radius 1 is 1.12 bits per heavy atom. The molecule has 1 atom stereocenters. The van der Waals surface area contributed by atoms with Crippen LogP contribution < -0.4 is 0 Å². The molecular weight excluding hydrogens is 507 g/mol. The molecule has 0 fully saturated rings. The van der Waals surface area contributed by atoms with E-state index < -0.39 is 0 Å². The fourth-order valence-electron chi connectivity index (χ4n) is 4.36. The van der Waals surface area contributed by atoms with E-state index in [1.807, 2.05) is 36.8 Å². The second-order valence-electron chi connectivity index (χ2n) is 8.04. The van der Waals surface area contributed by atoms with Crippen LogP contribution in [0.15, 0.2) is 59.5 Å². The van der Waals surface area contributed by atoms with E-state index in [9.17, 15) is 0 Å². The van der Waals surface area contributed by atoms with Gasteiger partial charge in [0, 0.05) is 36.3 Å².